The molecule has 0 saturated carbocycles. The molecule has 0 atom stereocenters. The molecular formula is C21H15BrO. The van der Waals surface area contributed by atoms with E-state index in [9.17, 15) is 0 Å². The van der Waals surface area contributed by atoms with Crippen LogP contribution in [-0.4, -0.2) is 0 Å². The van der Waals surface area contributed by atoms with Crippen molar-refractivity contribution in [3.8, 4) is 29.2 Å². The van der Waals surface area contributed by atoms with Gasteiger partial charge in [-0.25, -0.2) is 0 Å². The average molecular weight is 363 g/mol. The Bertz CT molecular complexity index is 847. The van der Waals surface area contributed by atoms with Gasteiger partial charge in [-0.1, -0.05) is 64.3 Å². The number of halogens is 1. The van der Waals surface area contributed by atoms with Gasteiger partial charge in [0.15, 0.2) is 0 Å². The van der Waals surface area contributed by atoms with Gasteiger partial charge in [0.2, 0.25) is 0 Å². The summed E-state index contributed by atoms with van der Waals surface area (Å²) < 4.78 is 6.86. The number of ether oxygens (including phenoxy) is 1. The first-order chi connectivity index (χ1) is 11.2. The molecule has 0 aliphatic rings. The van der Waals surface area contributed by atoms with E-state index in [4.69, 9.17) is 11.2 Å². The molecule has 2 heteroatoms. The van der Waals surface area contributed by atoms with Crippen LogP contribution in [0.4, 0.5) is 0 Å². The fraction of sp³-hybridized carbons (Fsp3) is 0.0476. The van der Waals surface area contributed by atoms with E-state index >= 15 is 0 Å². The Morgan fingerprint density at radius 3 is 2.48 bits per heavy atom. The number of benzene rings is 3. The van der Waals surface area contributed by atoms with Crippen LogP contribution in [-0.2, 0) is 6.61 Å². The van der Waals surface area contributed by atoms with Crippen molar-refractivity contribution in [2.45, 2.75) is 6.61 Å². The Morgan fingerprint density at radius 2 is 1.70 bits per heavy atom. The van der Waals surface area contributed by atoms with E-state index in [0.717, 1.165) is 32.5 Å². The van der Waals surface area contributed by atoms with E-state index in [1.807, 2.05) is 48.5 Å². The van der Waals surface area contributed by atoms with Gasteiger partial charge in [-0.05, 0) is 47.0 Å². The summed E-state index contributed by atoms with van der Waals surface area (Å²) in [6.07, 6.45) is 5.51. The standard InChI is InChI=1S/C21H15BrO/c1-2-16-11-19(13-20(22)12-16)18-9-6-10-21(14-18)23-15-17-7-4-3-5-8-17/h1,3-14H,15H2. The molecule has 0 amide bonds. The molecule has 0 unspecified atom stereocenters. The molecule has 0 saturated heterocycles. The van der Waals surface area contributed by atoms with Gasteiger partial charge in [-0.3, -0.25) is 0 Å². The van der Waals surface area contributed by atoms with Crippen molar-refractivity contribution in [1.29, 1.82) is 0 Å². The lowest BCUT2D eigenvalue weighted by Gasteiger charge is -2.09. The van der Waals surface area contributed by atoms with Crippen LogP contribution in [0.2, 0.25) is 0 Å². The first-order valence-electron chi connectivity index (χ1n) is 7.29. The summed E-state index contributed by atoms with van der Waals surface area (Å²) in [5, 5.41) is 0. The minimum Gasteiger partial charge on any atom is -0.489 e. The third-order valence-corrected chi connectivity index (χ3v) is 3.94. The van der Waals surface area contributed by atoms with Crippen LogP contribution in [0.5, 0.6) is 5.75 Å². The van der Waals surface area contributed by atoms with Crippen LogP contribution in [0, 0.1) is 12.3 Å². The van der Waals surface area contributed by atoms with E-state index in [1.54, 1.807) is 0 Å². The molecule has 1 nitrogen and oxygen atoms in total. The maximum atomic E-state index is 5.89. The molecule has 0 aromatic heterocycles. The predicted octanol–water partition coefficient (Wildman–Crippen LogP) is 5.68. The Morgan fingerprint density at radius 1 is 0.870 bits per heavy atom. The van der Waals surface area contributed by atoms with Crippen LogP contribution < -0.4 is 4.74 Å². The van der Waals surface area contributed by atoms with Gasteiger partial charge in [-0.2, -0.15) is 0 Å². The lowest BCUT2D eigenvalue weighted by molar-refractivity contribution is 0.306. The lowest BCUT2D eigenvalue weighted by atomic mass is 10.0. The highest BCUT2D eigenvalue weighted by atomic mass is 79.9. The minimum atomic E-state index is 0.554. The van der Waals surface area contributed by atoms with E-state index in [0.29, 0.717) is 6.61 Å². The van der Waals surface area contributed by atoms with Gasteiger partial charge in [-0.15, -0.1) is 6.42 Å². The number of terminal acetylenes is 1. The molecule has 0 N–H and O–H groups in total. The molecule has 0 radical (unpaired) electrons. The third-order valence-electron chi connectivity index (χ3n) is 3.48. The molecule has 0 spiro atoms. The molecule has 3 rings (SSSR count). The van der Waals surface area contributed by atoms with Crippen LogP contribution in [0.25, 0.3) is 11.1 Å². The summed E-state index contributed by atoms with van der Waals surface area (Å²) >= 11 is 3.50. The lowest BCUT2D eigenvalue weighted by Crippen LogP contribution is -1.95. The van der Waals surface area contributed by atoms with E-state index in [-0.39, 0.29) is 0 Å². The second kappa shape index (κ2) is 7.17. The van der Waals surface area contributed by atoms with Gasteiger partial charge in [0, 0.05) is 10.0 Å². The van der Waals surface area contributed by atoms with Crippen LogP contribution in [0.15, 0.2) is 77.3 Å². The van der Waals surface area contributed by atoms with Crippen LogP contribution in [0.1, 0.15) is 11.1 Å². The topological polar surface area (TPSA) is 9.23 Å². The first-order valence-corrected chi connectivity index (χ1v) is 8.08. The van der Waals surface area contributed by atoms with Crippen molar-refractivity contribution in [2.75, 3.05) is 0 Å². The second-order valence-electron chi connectivity index (χ2n) is 5.18. The Labute approximate surface area is 145 Å². The maximum Gasteiger partial charge on any atom is 0.120 e. The second-order valence-corrected chi connectivity index (χ2v) is 6.09. The molecule has 0 fully saturated rings. The van der Waals surface area contributed by atoms with Gasteiger partial charge in [0.05, 0.1) is 0 Å². The van der Waals surface area contributed by atoms with Crippen molar-refractivity contribution in [3.63, 3.8) is 0 Å². The van der Waals surface area contributed by atoms with Gasteiger partial charge in [0.25, 0.3) is 0 Å². The SMILES string of the molecule is C#Cc1cc(Br)cc(-c2cccc(OCc3ccccc3)c2)c1. The summed E-state index contributed by atoms with van der Waals surface area (Å²) in [6.45, 7) is 0.554. The zero-order valence-corrected chi connectivity index (χ0v) is 14.1. The molecular weight excluding hydrogens is 348 g/mol. The molecule has 0 aliphatic heterocycles. The van der Waals surface area contributed by atoms with Crippen molar-refractivity contribution in [3.05, 3.63) is 88.4 Å². The maximum absolute atomic E-state index is 5.89. The minimum absolute atomic E-state index is 0.554. The van der Waals surface area contributed by atoms with Crippen LogP contribution >= 0.6 is 15.9 Å². The monoisotopic (exact) mass is 362 g/mol. The Kier molecular flexibility index (Phi) is 4.80. The van der Waals surface area contributed by atoms with Crippen molar-refractivity contribution in [2.24, 2.45) is 0 Å². The largest absolute Gasteiger partial charge is 0.489 e. The first kappa shape index (κ1) is 15.4. The normalized spacial score (nSPS) is 10.1. The number of hydrogen-bond donors (Lipinski definition) is 0. The summed E-state index contributed by atoms with van der Waals surface area (Å²) in [7, 11) is 0. The predicted molar refractivity (Wildman–Crippen MR) is 98.3 cm³/mol. The highest BCUT2D eigenvalue weighted by Gasteiger charge is 2.03. The third kappa shape index (κ3) is 4.03. The average Bonchev–Trinajstić information content (AvgIpc) is 2.60. The number of hydrogen-bond acceptors (Lipinski definition) is 1. The van der Waals surface area contributed by atoms with Crippen LogP contribution in [0.3, 0.4) is 0 Å². The summed E-state index contributed by atoms with van der Waals surface area (Å²) in [4.78, 5) is 0. The Hall–Kier alpha value is -2.50. The fourth-order valence-electron chi connectivity index (χ4n) is 2.35. The molecule has 112 valence electrons. The smallest absolute Gasteiger partial charge is 0.120 e. The van der Waals surface area contributed by atoms with Gasteiger partial charge >= 0.3 is 0 Å². The zero-order valence-electron chi connectivity index (χ0n) is 12.5. The molecule has 0 heterocycles. The highest BCUT2D eigenvalue weighted by Crippen LogP contribution is 2.28. The molecule has 0 bridgehead atoms. The Balaban J connectivity index is 1.83. The van der Waals surface area contributed by atoms with E-state index in [2.05, 4.69) is 46.1 Å². The highest BCUT2D eigenvalue weighted by molar-refractivity contribution is 9.10. The van der Waals surface area contributed by atoms with Crippen molar-refractivity contribution >= 4 is 15.9 Å². The summed E-state index contributed by atoms with van der Waals surface area (Å²) in [5.41, 5.74) is 4.14. The summed E-state index contributed by atoms with van der Waals surface area (Å²) in [5.74, 6) is 3.52. The van der Waals surface area contributed by atoms with Gasteiger partial charge < -0.3 is 4.74 Å². The van der Waals surface area contributed by atoms with Gasteiger partial charge in [0.1, 0.15) is 12.4 Å². The van der Waals surface area contributed by atoms with Crippen molar-refractivity contribution < 1.29 is 4.74 Å². The van der Waals surface area contributed by atoms with Crippen molar-refractivity contribution in [1.82, 2.24) is 0 Å². The molecule has 3 aromatic carbocycles. The molecule has 3 aromatic rings. The van der Waals surface area contributed by atoms with E-state index < -0.39 is 0 Å². The fourth-order valence-corrected chi connectivity index (χ4v) is 2.84. The molecule has 0 aliphatic carbocycles. The zero-order chi connectivity index (χ0) is 16.1. The summed E-state index contributed by atoms with van der Waals surface area (Å²) in [6, 6.07) is 24.2. The van der Waals surface area contributed by atoms with E-state index in [1.165, 1.54) is 0 Å². The quantitative estimate of drug-likeness (QED) is 0.542. The number of rotatable bonds is 4. The molecule has 23 heavy (non-hydrogen) atoms.